The number of fused-ring (bicyclic) bond motifs is 1. The highest BCUT2D eigenvalue weighted by molar-refractivity contribution is 7.22. The third-order valence-corrected chi connectivity index (χ3v) is 6.96. The topological polar surface area (TPSA) is 115 Å². The van der Waals surface area contributed by atoms with Crippen LogP contribution in [0.15, 0.2) is 15.4 Å². The second-order valence-corrected chi connectivity index (χ2v) is 9.72. The molecule has 0 unspecified atom stereocenters. The van der Waals surface area contributed by atoms with Crippen molar-refractivity contribution >= 4 is 32.2 Å². The molecule has 182 valence electrons. The molecule has 13 heteroatoms. The molecule has 1 saturated heterocycles. The Morgan fingerprint density at radius 2 is 1.97 bits per heavy atom. The maximum atomic E-state index is 13.4. The van der Waals surface area contributed by atoms with E-state index in [1.807, 2.05) is 4.90 Å². The quantitative estimate of drug-likeness (QED) is 0.363. The molecule has 1 aromatic carbocycles. The summed E-state index contributed by atoms with van der Waals surface area (Å²) >= 11 is 0.858. The van der Waals surface area contributed by atoms with Crippen molar-refractivity contribution in [2.24, 2.45) is 5.92 Å². The average molecular weight is 497 g/mol. The molecule has 0 atom stereocenters. The van der Waals surface area contributed by atoms with Gasteiger partial charge in [0.05, 0.1) is 15.9 Å². The molecule has 34 heavy (non-hydrogen) atoms. The number of halogens is 3. The SMILES string of the molecule is Cc1c(C(F)(F)F)cc2c(=O)nc(N3CCC(c4nc(CC(C)C)no4)CC3)sc2c1[N+](=O)[O-]. The van der Waals surface area contributed by atoms with Crippen LogP contribution in [0.4, 0.5) is 24.0 Å². The van der Waals surface area contributed by atoms with Crippen LogP contribution in [-0.4, -0.2) is 33.1 Å². The van der Waals surface area contributed by atoms with Gasteiger partial charge >= 0.3 is 6.18 Å². The number of hydrogen-bond acceptors (Lipinski definition) is 9. The van der Waals surface area contributed by atoms with E-state index >= 15 is 0 Å². The third-order valence-electron chi connectivity index (χ3n) is 5.81. The van der Waals surface area contributed by atoms with Gasteiger partial charge in [-0.3, -0.25) is 14.9 Å². The largest absolute Gasteiger partial charge is 0.416 e. The number of alkyl halides is 3. The number of nitro groups is 1. The molecule has 4 rings (SSSR count). The van der Waals surface area contributed by atoms with Crippen molar-refractivity contribution in [3.8, 4) is 0 Å². The number of piperidine rings is 1. The number of benzene rings is 1. The lowest BCUT2D eigenvalue weighted by Gasteiger charge is -2.30. The number of rotatable bonds is 5. The Balaban J connectivity index is 1.63. The van der Waals surface area contributed by atoms with E-state index in [4.69, 9.17) is 4.52 Å². The van der Waals surface area contributed by atoms with E-state index in [2.05, 4.69) is 29.0 Å². The van der Waals surface area contributed by atoms with E-state index < -0.39 is 38.9 Å². The van der Waals surface area contributed by atoms with Gasteiger partial charge in [0, 0.05) is 31.0 Å². The van der Waals surface area contributed by atoms with Crippen molar-refractivity contribution in [3.63, 3.8) is 0 Å². The van der Waals surface area contributed by atoms with Crippen molar-refractivity contribution in [1.82, 2.24) is 15.1 Å². The average Bonchev–Trinajstić information content (AvgIpc) is 3.20. The van der Waals surface area contributed by atoms with Crippen LogP contribution in [0.2, 0.25) is 0 Å². The normalized spacial score (nSPS) is 15.4. The Bertz CT molecular complexity index is 1300. The van der Waals surface area contributed by atoms with E-state index in [-0.39, 0.29) is 15.7 Å². The van der Waals surface area contributed by atoms with Crippen LogP contribution in [0.1, 0.15) is 55.4 Å². The van der Waals surface area contributed by atoms with Crippen molar-refractivity contribution in [1.29, 1.82) is 0 Å². The van der Waals surface area contributed by atoms with Crippen LogP contribution in [0.5, 0.6) is 0 Å². The first-order valence-corrected chi connectivity index (χ1v) is 11.5. The van der Waals surface area contributed by atoms with Crippen molar-refractivity contribution in [3.05, 3.63) is 49.4 Å². The summed E-state index contributed by atoms with van der Waals surface area (Å²) in [6.07, 6.45) is -2.84. The molecular weight excluding hydrogens is 475 g/mol. The van der Waals surface area contributed by atoms with Crippen LogP contribution in [0, 0.1) is 23.0 Å². The van der Waals surface area contributed by atoms with Gasteiger partial charge in [-0.2, -0.15) is 23.1 Å². The molecule has 0 aliphatic carbocycles. The predicted molar refractivity (Wildman–Crippen MR) is 119 cm³/mol. The number of aromatic nitrogens is 3. The van der Waals surface area contributed by atoms with Crippen molar-refractivity contribution < 1.29 is 22.6 Å². The molecular formula is C21H22F3N5O4S. The zero-order chi connectivity index (χ0) is 24.8. The Hall–Kier alpha value is -3.09. The third kappa shape index (κ3) is 4.61. The first kappa shape index (κ1) is 24.0. The molecule has 2 aromatic heterocycles. The van der Waals surface area contributed by atoms with Crippen LogP contribution in [0.3, 0.4) is 0 Å². The van der Waals surface area contributed by atoms with Gasteiger partial charge in [0.25, 0.3) is 11.2 Å². The molecule has 1 aliphatic heterocycles. The minimum Gasteiger partial charge on any atom is -0.348 e. The number of nitro benzene ring substituents is 1. The van der Waals surface area contributed by atoms with Gasteiger partial charge < -0.3 is 9.42 Å². The van der Waals surface area contributed by atoms with Crippen molar-refractivity contribution in [2.45, 2.75) is 52.1 Å². The molecule has 1 fully saturated rings. The molecule has 3 heterocycles. The van der Waals surface area contributed by atoms with Gasteiger partial charge in [-0.25, -0.2) is 0 Å². The molecule has 3 aromatic rings. The van der Waals surface area contributed by atoms with Gasteiger partial charge in [0.15, 0.2) is 11.0 Å². The molecule has 0 saturated carbocycles. The molecule has 1 aliphatic rings. The summed E-state index contributed by atoms with van der Waals surface area (Å²) in [4.78, 5) is 33.7. The minimum atomic E-state index is -4.83. The zero-order valence-corrected chi connectivity index (χ0v) is 19.5. The Morgan fingerprint density at radius 1 is 1.29 bits per heavy atom. The van der Waals surface area contributed by atoms with Crippen LogP contribution in [0.25, 0.3) is 10.1 Å². The highest BCUT2D eigenvalue weighted by atomic mass is 32.1. The van der Waals surface area contributed by atoms with E-state index in [0.717, 1.165) is 18.3 Å². The van der Waals surface area contributed by atoms with Gasteiger partial charge in [-0.1, -0.05) is 30.3 Å². The lowest BCUT2D eigenvalue weighted by atomic mass is 9.97. The van der Waals surface area contributed by atoms with E-state index in [0.29, 0.717) is 56.1 Å². The lowest BCUT2D eigenvalue weighted by molar-refractivity contribution is -0.383. The smallest absolute Gasteiger partial charge is 0.348 e. The summed E-state index contributed by atoms with van der Waals surface area (Å²) in [5.41, 5.74) is -3.36. The monoisotopic (exact) mass is 497 g/mol. The highest BCUT2D eigenvalue weighted by Crippen LogP contribution is 2.42. The fraction of sp³-hybridized carbons (Fsp3) is 0.524. The second-order valence-electron chi connectivity index (χ2n) is 8.74. The van der Waals surface area contributed by atoms with Crippen LogP contribution < -0.4 is 10.5 Å². The summed E-state index contributed by atoms with van der Waals surface area (Å²) in [5, 5.41) is 15.5. The van der Waals surface area contributed by atoms with Gasteiger partial charge in [-0.15, -0.1) is 0 Å². The van der Waals surface area contributed by atoms with Gasteiger partial charge in [0.1, 0.15) is 4.70 Å². The van der Waals surface area contributed by atoms with E-state index in [1.54, 1.807) is 0 Å². The molecule has 9 nitrogen and oxygen atoms in total. The summed E-state index contributed by atoms with van der Waals surface area (Å²) in [6.45, 7) is 6.13. The summed E-state index contributed by atoms with van der Waals surface area (Å²) in [6, 6.07) is 0.657. The molecule has 0 radical (unpaired) electrons. The number of anilines is 1. The first-order chi connectivity index (χ1) is 16.0. The Kier molecular flexibility index (Phi) is 6.32. The lowest BCUT2D eigenvalue weighted by Crippen LogP contribution is -2.34. The molecule has 0 spiro atoms. The van der Waals surface area contributed by atoms with Gasteiger partial charge in [-0.05, 0) is 31.7 Å². The predicted octanol–water partition coefficient (Wildman–Crippen LogP) is 4.86. The van der Waals surface area contributed by atoms with E-state index in [1.165, 1.54) is 0 Å². The van der Waals surface area contributed by atoms with Crippen LogP contribution in [-0.2, 0) is 12.6 Å². The fourth-order valence-electron chi connectivity index (χ4n) is 4.12. The molecule has 0 N–H and O–H groups in total. The van der Waals surface area contributed by atoms with Crippen LogP contribution >= 0.6 is 11.3 Å². The van der Waals surface area contributed by atoms with Crippen molar-refractivity contribution in [2.75, 3.05) is 18.0 Å². The highest BCUT2D eigenvalue weighted by Gasteiger charge is 2.38. The fourth-order valence-corrected chi connectivity index (χ4v) is 5.32. The maximum Gasteiger partial charge on any atom is 0.416 e. The summed E-state index contributed by atoms with van der Waals surface area (Å²) in [7, 11) is 0. The maximum absolute atomic E-state index is 13.4. The standard InChI is InChI=1S/C21H22F3N5O4S/c1-10(2)8-15-25-19(33-27-15)12-4-6-28(7-5-12)20-26-18(30)13-9-14(21(22,23)24)11(3)16(29(31)32)17(13)34-20/h9-10,12H,4-8H2,1-3H3. The molecule has 0 amide bonds. The first-order valence-electron chi connectivity index (χ1n) is 10.7. The Labute approximate surface area is 195 Å². The number of nitrogens with zero attached hydrogens (tertiary/aromatic N) is 5. The van der Waals surface area contributed by atoms with Gasteiger partial charge in [0.2, 0.25) is 5.89 Å². The van der Waals surface area contributed by atoms with E-state index in [9.17, 15) is 28.1 Å². The summed E-state index contributed by atoms with van der Waals surface area (Å²) < 4.78 is 45.5. The molecule has 0 bridgehead atoms. The number of hydrogen-bond donors (Lipinski definition) is 0. The Morgan fingerprint density at radius 3 is 2.56 bits per heavy atom. The zero-order valence-electron chi connectivity index (χ0n) is 18.7. The minimum absolute atomic E-state index is 0.0350. The summed E-state index contributed by atoms with van der Waals surface area (Å²) in [5.74, 6) is 1.64. The second kappa shape index (κ2) is 8.93.